The zero-order chi connectivity index (χ0) is 12.2. The monoisotopic (exact) mass is 255 g/mol. The second-order valence-electron chi connectivity index (χ2n) is 4.62. The van der Waals surface area contributed by atoms with Crippen LogP contribution in [0.5, 0.6) is 0 Å². The summed E-state index contributed by atoms with van der Waals surface area (Å²) in [5.41, 5.74) is 4.18. The molecular formula is C16H17NS. The summed E-state index contributed by atoms with van der Waals surface area (Å²) in [4.78, 5) is 1.38. The molecule has 0 saturated heterocycles. The van der Waals surface area contributed by atoms with Crippen LogP contribution in [0, 0.1) is 0 Å². The molecule has 2 heteroatoms. The van der Waals surface area contributed by atoms with Crippen molar-refractivity contribution < 1.29 is 0 Å². The van der Waals surface area contributed by atoms with Gasteiger partial charge in [-0.2, -0.15) is 0 Å². The molecule has 3 rings (SSSR count). The summed E-state index contributed by atoms with van der Waals surface area (Å²) < 4.78 is 0. The first kappa shape index (κ1) is 11.7. The van der Waals surface area contributed by atoms with Gasteiger partial charge < -0.3 is 5.32 Å². The zero-order valence-electron chi connectivity index (χ0n) is 10.4. The molecule has 0 unspecified atom stereocenters. The first-order valence-corrected chi connectivity index (χ1v) is 7.44. The van der Waals surface area contributed by atoms with Gasteiger partial charge >= 0.3 is 0 Å². The van der Waals surface area contributed by atoms with E-state index in [1.807, 2.05) is 11.8 Å². The maximum atomic E-state index is 3.45. The Morgan fingerprint density at radius 2 is 1.94 bits per heavy atom. The third-order valence-corrected chi connectivity index (χ3v) is 4.33. The number of anilines is 1. The molecule has 1 nitrogen and oxygen atoms in total. The second kappa shape index (κ2) is 5.49. The van der Waals surface area contributed by atoms with E-state index in [1.54, 1.807) is 0 Å². The van der Waals surface area contributed by atoms with E-state index in [4.69, 9.17) is 0 Å². The minimum atomic E-state index is 1.05. The van der Waals surface area contributed by atoms with Crippen molar-refractivity contribution in [1.29, 1.82) is 0 Å². The van der Waals surface area contributed by atoms with E-state index in [9.17, 15) is 0 Å². The minimum absolute atomic E-state index is 1.05. The van der Waals surface area contributed by atoms with Crippen LogP contribution in [0.2, 0.25) is 0 Å². The van der Waals surface area contributed by atoms with E-state index in [1.165, 1.54) is 34.6 Å². The smallest absolute Gasteiger partial charge is 0.0373 e. The van der Waals surface area contributed by atoms with Crippen LogP contribution in [-0.4, -0.2) is 6.54 Å². The number of aryl methyl sites for hydroxylation is 1. The highest BCUT2D eigenvalue weighted by Gasteiger charge is 2.08. The van der Waals surface area contributed by atoms with Gasteiger partial charge in [-0.25, -0.2) is 0 Å². The van der Waals surface area contributed by atoms with Gasteiger partial charge in [0.15, 0.2) is 0 Å². The van der Waals surface area contributed by atoms with Crippen molar-refractivity contribution in [3.05, 3.63) is 59.7 Å². The molecule has 2 aromatic carbocycles. The highest BCUT2D eigenvalue weighted by Crippen LogP contribution is 2.29. The van der Waals surface area contributed by atoms with Gasteiger partial charge in [0.1, 0.15) is 0 Å². The molecule has 1 N–H and O–H groups in total. The Labute approximate surface area is 113 Å². The van der Waals surface area contributed by atoms with Crippen LogP contribution < -0.4 is 5.32 Å². The number of hydrogen-bond donors (Lipinski definition) is 1. The third kappa shape index (κ3) is 2.70. The van der Waals surface area contributed by atoms with Gasteiger partial charge in [0.05, 0.1) is 0 Å². The molecule has 92 valence electrons. The fourth-order valence-corrected chi connectivity index (χ4v) is 3.20. The fraction of sp³-hybridized carbons (Fsp3) is 0.250. The molecule has 0 atom stereocenters. The number of fused-ring (bicyclic) bond motifs is 1. The number of hydrogen-bond acceptors (Lipinski definition) is 2. The maximum Gasteiger partial charge on any atom is 0.0373 e. The summed E-state index contributed by atoms with van der Waals surface area (Å²) in [6, 6.07) is 17.4. The molecular weight excluding hydrogens is 238 g/mol. The maximum absolute atomic E-state index is 3.45. The Morgan fingerprint density at radius 3 is 2.83 bits per heavy atom. The van der Waals surface area contributed by atoms with Crippen molar-refractivity contribution in [1.82, 2.24) is 0 Å². The van der Waals surface area contributed by atoms with E-state index < -0.39 is 0 Å². The Morgan fingerprint density at radius 1 is 1.06 bits per heavy atom. The Bertz CT molecular complexity index is 522. The first-order chi connectivity index (χ1) is 8.92. The second-order valence-corrected chi connectivity index (χ2v) is 5.67. The summed E-state index contributed by atoms with van der Waals surface area (Å²) in [7, 11) is 0. The Hall–Kier alpha value is -1.41. The summed E-state index contributed by atoms with van der Waals surface area (Å²) in [5, 5.41) is 3.45. The van der Waals surface area contributed by atoms with Gasteiger partial charge in [0.2, 0.25) is 0 Å². The Kier molecular flexibility index (Phi) is 3.56. The van der Waals surface area contributed by atoms with Crippen LogP contribution in [-0.2, 0) is 12.2 Å². The van der Waals surface area contributed by atoms with Gasteiger partial charge in [-0.05, 0) is 42.2 Å². The van der Waals surface area contributed by atoms with E-state index in [0.29, 0.717) is 0 Å². The molecule has 0 fully saturated rings. The van der Waals surface area contributed by atoms with Gasteiger partial charge in [-0.15, -0.1) is 11.8 Å². The molecule has 0 bridgehead atoms. The predicted molar refractivity (Wildman–Crippen MR) is 79.3 cm³/mol. The molecule has 0 amide bonds. The van der Waals surface area contributed by atoms with Gasteiger partial charge in [-0.1, -0.05) is 30.3 Å². The largest absolute Gasteiger partial charge is 0.385 e. The van der Waals surface area contributed by atoms with Crippen molar-refractivity contribution in [2.75, 3.05) is 11.9 Å². The number of nitrogens with one attached hydrogen (secondary N) is 1. The van der Waals surface area contributed by atoms with Crippen molar-refractivity contribution in [2.45, 2.75) is 23.5 Å². The zero-order valence-corrected chi connectivity index (χ0v) is 11.2. The van der Waals surface area contributed by atoms with Crippen molar-refractivity contribution in [3.63, 3.8) is 0 Å². The SMILES string of the molecule is c1ccc(CSc2ccc3c(c2)CCCN3)cc1. The van der Waals surface area contributed by atoms with Crippen LogP contribution >= 0.6 is 11.8 Å². The first-order valence-electron chi connectivity index (χ1n) is 6.45. The van der Waals surface area contributed by atoms with Crippen LogP contribution in [0.15, 0.2) is 53.4 Å². The van der Waals surface area contributed by atoms with Gasteiger partial charge in [0, 0.05) is 22.9 Å². The molecule has 0 aromatic heterocycles. The topological polar surface area (TPSA) is 12.0 Å². The summed E-state index contributed by atoms with van der Waals surface area (Å²) in [6.07, 6.45) is 2.46. The minimum Gasteiger partial charge on any atom is -0.385 e. The van der Waals surface area contributed by atoms with E-state index >= 15 is 0 Å². The average molecular weight is 255 g/mol. The summed E-state index contributed by atoms with van der Waals surface area (Å²) in [5.74, 6) is 1.05. The van der Waals surface area contributed by atoms with Crippen LogP contribution in [0.25, 0.3) is 0 Å². The van der Waals surface area contributed by atoms with Crippen molar-refractivity contribution in [3.8, 4) is 0 Å². The molecule has 0 saturated carbocycles. The number of benzene rings is 2. The van der Waals surface area contributed by atoms with Gasteiger partial charge in [0.25, 0.3) is 0 Å². The molecule has 0 radical (unpaired) electrons. The van der Waals surface area contributed by atoms with Crippen LogP contribution in [0.3, 0.4) is 0 Å². The van der Waals surface area contributed by atoms with Gasteiger partial charge in [-0.3, -0.25) is 0 Å². The summed E-state index contributed by atoms with van der Waals surface area (Å²) >= 11 is 1.92. The molecule has 0 spiro atoms. The van der Waals surface area contributed by atoms with Crippen molar-refractivity contribution >= 4 is 17.4 Å². The van der Waals surface area contributed by atoms with Crippen molar-refractivity contribution in [2.24, 2.45) is 0 Å². The lowest BCUT2D eigenvalue weighted by Crippen LogP contribution is -2.11. The molecule has 18 heavy (non-hydrogen) atoms. The van der Waals surface area contributed by atoms with E-state index in [0.717, 1.165) is 12.3 Å². The lowest BCUT2D eigenvalue weighted by molar-refractivity contribution is 0.827. The number of thioether (sulfide) groups is 1. The lowest BCUT2D eigenvalue weighted by Gasteiger charge is -2.18. The molecule has 1 aliphatic heterocycles. The fourth-order valence-electron chi connectivity index (χ4n) is 2.28. The molecule has 2 aromatic rings. The molecule has 1 heterocycles. The predicted octanol–water partition coefficient (Wildman–Crippen LogP) is 4.34. The van der Waals surface area contributed by atoms with E-state index in [2.05, 4.69) is 53.8 Å². The lowest BCUT2D eigenvalue weighted by atomic mass is 10.0. The standard InChI is InChI=1S/C16H17NS/c1-2-5-13(6-3-1)12-18-15-8-9-16-14(11-15)7-4-10-17-16/h1-3,5-6,8-9,11,17H,4,7,10,12H2. The third-order valence-electron chi connectivity index (χ3n) is 3.26. The highest BCUT2D eigenvalue weighted by molar-refractivity contribution is 7.98. The normalized spacial score (nSPS) is 13.8. The highest BCUT2D eigenvalue weighted by atomic mass is 32.2. The summed E-state index contributed by atoms with van der Waals surface area (Å²) in [6.45, 7) is 1.11. The average Bonchev–Trinajstić information content (AvgIpc) is 2.46. The molecule has 1 aliphatic rings. The van der Waals surface area contributed by atoms with E-state index in [-0.39, 0.29) is 0 Å². The number of rotatable bonds is 3. The van der Waals surface area contributed by atoms with Crippen LogP contribution in [0.1, 0.15) is 17.5 Å². The van der Waals surface area contributed by atoms with Crippen LogP contribution in [0.4, 0.5) is 5.69 Å². The molecule has 0 aliphatic carbocycles. The quantitative estimate of drug-likeness (QED) is 0.819. The Balaban J connectivity index is 1.70.